The molecule has 4 aromatic rings. The third kappa shape index (κ3) is 13.5. The Morgan fingerprint density at radius 3 is 2.22 bits per heavy atom. The largest absolute Gasteiger partial charge is 0.459 e. The summed E-state index contributed by atoms with van der Waals surface area (Å²) in [5, 5.41) is 36.8. The highest BCUT2D eigenvalue weighted by Crippen LogP contribution is 2.62. The van der Waals surface area contributed by atoms with Crippen LogP contribution in [-0.4, -0.2) is 70.1 Å². The first-order valence-electron chi connectivity index (χ1n) is 27.9. The van der Waals surface area contributed by atoms with Gasteiger partial charge < -0.3 is 43.6 Å². The number of carbonyl (C=O) groups excluding carboxylic acids is 1. The number of nitro groups is 1. The second-order valence-corrected chi connectivity index (χ2v) is 21.1. The third-order valence-electron chi connectivity index (χ3n) is 15.9. The Morgan fingerprint density at radius 2 is 1.50 bits per heavy atom. The summed E-state index contributed by atoms with van der Waals surface area (Å²) in [5.74, 6) is 0.979. The predicted octanol–water partition coefficient (Wildman–Crippen LogP) is 13.5. The molecule has 408 valence electrons. The monoisotopic (exact) mass is 1040 g/mol. The normalized spacial score (nSPS) is 21.5. The molecule has 0 saturated heterocycles. The molecule has 1 fully saturated rings. The number of carbonyl (C=O) groups is 1. The number of aliphatic hydroxyl groups is 2. The molecular formula is C62H79N3O11. The van der Waals surface area contributed by atoms with E-state index in [2.05, 4.69) is 45.6 Å². The molecule has 4 aliphatic rings. The van der Waals surface area contributed by atoms with Gasteiger partial charge in [-0.25, -0.2) is 0 Å². The van der Waals surface area contributed by atoms with Crippen LogP contribution in [0.15, 0.2) is 108 Å². The second kappa shape index (κ2) is 27.2. The van der Waals surface area contributed by atoms with Crippen molar-refractivity contribution in [3.63, 3.8) is 0 Å². The van der Waals surface area contributed by atoms with Gasteiger partial charge in [0.25, 0.3) is 5.69 Å². The average molecular weight is 1040 g/mol. The molecule has 0 aromatic heterocycles. The van der Waals surface area contributed by atoms with Crippen LogP contribution in [0.5, 0.6) is 28.7 Å². The number of benzene rings is 4. The van der Waals surface area contributed by atoms with Crippen molar-refractivity contribution in [2.45, 2.75) is 161 Å². The number of nitro benzene ring substituents is 1. The lowest BCUT2D eigenvalue weighted by Gasteiger charge is -2.60. The number of unbranched alkanes of at least 4 members (excludes halogenated alkanes) is 10. The number of hydrogen-bond donors (Lipinski definition) is 2. The summed E-state index contributed by atoms with van der Waals surface area (Å²) in [4.78, 5) is 34.9. The van der Waals surface area contributed by atoms with Crippen molar-refractivity contribution in [2.24, 2.45) is 22.9 Å². The number of ether oxygens (including phenoxy) is 5. The zero-order valence-electron chi connectivity index (χ0n) is 44.9. The molecule has 4 aromatic carbocycles. The van der Waals surface area contributed by atoms with E-state index in [9.17, 15) is 20.3 Å². The maximum absolute atomic E-state index is 15.5. The molecule has 2 aliphatic heterocycles. The van der Waals surface area contributed by atoms with E-state index in [4.69, 9.17) is 33.7 Å². The molecule has 2 heterocycles. The number of allylic oxidation sites excluding steroid dienone is 1. The summed E-state index contributed by atoms with van der Waals surface area (Å²) in [5.41, 5.74) is 6.34. The van der Waals surface area contributed by atoms with Gasteiger partial charge in [0.2, 0.25) is 18.5 Å². The van der Waals surface area contributed by atoms with E-state index >= 15 is 4.79 Å². The van der Waals surface area contributed by atoms with Crippen molar-refractivity contribution in [1.82, 2.24) is 4.90 Å². The zero-order chi connectivity index (χ0) is 53.4. The van der Waals surface area contributed by atoms with E-state index in [0.717, 1.165) is 79.4 Å². The molecule has 14 heteroatoms. The summed E-state index contributed by atoms with van der Waals surface area (Å²) in [6, 6.07) is 23.4. The Kier molecular flexibility index (Phi) is 20.0. The molecule has 1 amide bonds. The Balaban J connectivity index is 1.27. The van der Waals surface area contributed by atoms with E-state index in [-0.39, 0.29) is 75.5 Å². The summed E-state index contributed by atoms with van der Waals surface area (Å²) < 4.78 is 33.2. The van der Waals surface area contributed by atoms with Crippen molar-refractivity contribution in [3.8, 4) is 28.7 Å². The van der Waals surface area contributed by atoms with Gasteiger partial charge in [0.05, 0.1) is 23.2 Å². The number of oxime groups is 1. The highest BCUT2D eigenvalue weighted by atomic mass is 16.7. The van der Waals surface area contributed by atoms with E-state index in [1.165, 1.54) is 49.8 Å². The van der Waals surface area contributed by atoms with Gasteiger partial charge in [0, 0.05) is 56.2 Å². The number of aliphatic hydroxyl groups excluding tert-OH is 2. The molecule has 0 spiro atoms. The first-order chi connectivity index (χ1) is 37.1. The van der Waals surface area contributed by atoms with E-state index in [1.54, 1.807) is 18.2 Å². The second-order valence-electron chi connectivity index (χ2n) is 21.1. The number of aryl methyl sites for hydroxylation is 2. The molecule has 6 unspecified atom stereocenters. The zero-order valence-corrected chi connectivity index (χ0v) is 44.9. The fourth-order valence-electron chi connectivity index (χ4n) is 11.9. The van der Waals surface area contributed by atoms with Crippen LogP contribution in [0.1, 0.15) is 150 Å². The molecule has 1 saturated carbocycles. The number of non-ortho nitro benzene ring substituents is 1. The first-order valence-corrected chi connectivity index (χ1v) is 27.9. The maximum Gasteiger partial charge on any atom is 0.269 e. The Hall–Kier alpha value is -6.22. The van der Waals surface area contributed by atoms with Crippen LogP contribution >= 0.6 is 0 Å². The van der Waals surface area contributed by atoms with E-state index < -0.39 is 22.7 Å². The minimum Gasteiger partial charge on any atom is -0.459 e. The van der Waals surface area contributed by atoms with Crippen LogP contribution in [-0.2, 0) is 27.5 Å². The number of hydrogen-bond acceptors (Lipinski definition) is 12. The minimum atomic E-state index is -1.47. The van der Waals surface area contributed by atoms with Crippen LogP contribution in [0.4, 0.5) is 5.69 Å². The number of nitrogens with zero attached hydrogens (tertiary/aromatic N) is 3. The first kappa shape index (κ1) is 56.0. The lowest BCUT2D eigenvalue weighted by molar-refractivity contribution is -0.384. The van der Waals surface area contributed by atoms with Crippen LogP contribution in [0.3, 0.4) is 0 Å². The molecule has 8 rings (SSSR count). The van der Waals surface area contributed by atoms with Gasteiger partial charge >= 0.3 is 0 Å². The van der Waals surface area contributed by atoms with Gasteiger partial charge in [-0.3, -0.25) is 14.9 Å². The predicted molar refractivity (Wildman–Crippen MR) is 294 cm³/mol. The van der Waals surface area contributed by atoms with Gasteiger partial charge in [0.1, 0.15) is 29.9 Å². The van der Waals surface area contributed by atoms with Crippen LogP contribution in [0, 0.1) is 41.7 Å². The van der Waals surface area contributed by atoms with Gasteiger partial charge in [0.15, 0.2) is 11.5 Å². The summed E-state index contributed by atoms with van der Waals surface area (Å²) >= 11 is 0. The average Bonchev–Trinajstić information content (AvgIpc) is 4.05. The number of fused-ring (bicyclic) bond motifs is 3. The lowest BCUT2D eigenvalue weighted by atomic mass is 9.55. The molecule has 0 bridgehead atoms. The molecule has 2 N–H and O–H groups in total. The molecule has 6 atom stereocenters. The SMILES string of the molecule is C=CCOC12Oc3ccc(Oc4ccc(C)c(C)c4)cc3C3C(CCCCO)C(CCCCO)C=C(C(=NOCc4ccc([N+](=O)[O-])cc4)CC1N(Cc1ccc4c(c1)OCO4)C(=O)CCCCCCCCCCC)C32. The Bertz CT molecular complexity index is 2650. The Morgan fingerprint density at radius 1 is 0.816 bits per heavy atom. The Labute approximate surface area is 449 Å². The van der Waals surface area contributed by atoms with Gasteiger partial charge in [-0.2, -0.15) is 0 Å². The summed E-state index contributed by atoms with van der Waals surface area (Å²) in [7, 11) is 0. The molecule has 2 aliphatic carbocycles. The summed E-state index contributed by atoms with van der Waals surface area (Å²) in [6.07, 6.45) is 19.0. The van der Waals surface area contributed by atoms with E-state index in [1.807, 2.05) is 47.4 Å². The number of rotatable bonds is 30. The van der Waals surface area contributed by atoms with Crippen molar-refractivity contribution in [1.29, 1.82) is 0 Å². The lowest BCUT2D eigenvalue weighted by Crippen LogP contribution is -2.70. The molecule has 0 radical (unpaired) electrons. The summed E-state index contributed by atoms with van der Waals surface area (Å²) in [6.45, 7) is 11.2. The highest BCUT2D eigenvalue weighted by molar-refractivity contribution is 6.03. The van der Waals surface area contributed by atoms with Crippen molar-refractivity contribution in [2.75, 3.05) is 26.6 Å². The topological polar surface area (TPSA) is 172 Å². The fraction of sp³-hybridized carbons (Fsp3) is 0.516. The minimum absolute atomic E-state index is 0.00577. The van der Waals surface area contributed by atoms with Crippen LogP contribution in [0.25, 0.3) is 0 Å². The van der Waals surface area contributed by atoms with Crippen molar-refractivity contribution >= 4 is 17.3 Å². The number of amides is 1. The van der Waals surface area contributed by atoms with Crippen LogP contribution < -0.4 is 18.9 Å². The molecule has 76 heavy (non-hydrogen) atoms. The fourth-order valence-corrected chi connectivity index (χ4v) is 11.9. The standard InChI is InChI=1S/C62H79N3O11/c1-5-7-8-9-10-11-12-13-14-21-59(68)64(40-46-25-30-56-57(36-46)72-42-71-56)58-39-54(63-74-41-45-23-26-48(27-24-45)65(69)70)52-37-47(19-15-17-32-66)51(20-16-18-33-67)60-53-38-50(75-49-28-22-43(3)44(4)35-49)29-31-55(53)76-62(58,61(52)60)73-34-6-2/h6,22-31,35-38,47,51,58,60-61,66-67H,2,5,7-21,32-34,39-42H2,1,3-4H3. The third-order valence-corrected chi connectivity index (χ3v) is 15.9. The van der Waals surface area contributed by atoms with Gasteiger partial charge in [-0.05, 0) is 140 Å². The van der Waals surface area contributed by atoms with Gasteiger partial charge in [-0.15, -0.1) is 6.58 Å². The van der Waals surface area contributed by atoms with Crippen molar-refractivity contribution in [3.05, 3.63) is 141 Å². The van der Waals surface area contributed by atoms with Crippen molar-refractivity contribution < 1.29 is 48.5 Å². The smallest absolute Gasteiger partial charge is 0.269 e. The van der Waals surface area contributed by atoms with Crippen LogP contribution in [0.2, 0.25) is 0 Å². The highest BCUT2D eigenvalue weighted by Gasteiger charge is 2.65. The van der Waals surface area contributed by atoms with Gasteiger partial charge in [-0.1, -0.05) is 101 Å². The van der Waals surface area contributed by atoms with E-state index in [0.29, 0.717) is 53.5 Å². The maximum atomic E-state index is 15.5. The molecular weight excluding hydrogens is 963 g/mol. The quantitative estimate of drug-likeness (QED) is 0.0220. The molecule has 14 nitrogen and oxygen atoms in total.